The van der Waals surface area contributed by atoms with Gasteiger partial charge < -0.3 is 19.5 Å². The zero-order valence-electron chi connectivity index (χ0n) is 18.8. The smallest absolute Gasteiger partial charge is 0.226 e. The number of nitrogens with one attached hydrogen (secondary N) is 1. The molecule has 2 aromatic carbocycles. The SMILES string of the molecule is COc1ccc(-n2nc(C)c(CCC(=O)NC[C@@H]3CCCO3)c2Oc2cccc(F)c2)cc1. The van der Waals surface area contributed by atoms with Gasteiger partial charge in [0.05, 0.1) is 24.6 Å². The monoisotopic (exact) mass is 453 g/mol. The summed E-state index contributed by atoms with van der Waals surface area (Å²) in [6.07, 6.45) is 2.82. The van der Waals surface area contributed by atoms with Crippen LogP contribution in [0.15, 0.2) is 48.5 Å². The molecule has 3 aromatic rings. The van der Waals surface area contributed by atoms with Crippen LogP contribution < -0.4 is 14.8 Å². The fourth-order valence-corrected chi connectivity index (χ4v) is 3.83. The van der Waals surface area contributed by atoms with Crippen molar-refractivity contribution in [2.75, 3.05) is 20.3 Å². The summed E-state index contributed by atoms with van der Waals surface area (Å²) in [6.45, 7) is 3.15. The summed E-state index contributed by atoms with van der Waals surface area (Å²) in [7, 11) is 1.60. The van der Waals surface area contributed by atoms with Crippen molar-refractivity contribution in [2.24, 2.45) is 0 Å². The van der Waals surface area contributed by atoms with Gasteiger partial charge in [-0.3, -0.25) is 4.79 Å². The molecule has 4 rings (SSSR count). The van der Waals surface area contributed by atoms with Crippen molar-refractivity contribution in [3.8, 4) is 23.1 Å². The Labute approximate surface area is 192 Å². The molecular weight excluding hydrogens is 425 g/mol. The second-order valence-corrected chi connectivity index (χ2v) is 7.98. The number of carbonyl (C=O) groups excluding carboxylic acids is 1. The number of nitrogens with zero attached hydrogens (tertiary/aromatic N) is 2. The van der Waals surface area contributed by atoms with E-state index in [2.05, 4.69) is 10.4 Å². The minimum atomic E-state index is -0.394. The highest BCUT2D eigenvalue weighted by molar-refractivity contribution is 5.76. The van der Waals surface area contributed by atoms with Gasteiger partial charge in [0.2, 0.25) is 11.8 Å². The zero-order valence-corrected chi connectivity index (χ0v) is 18.8. The maximum absolute atomic E-state index is 13.8. The summed E-state index contributed by atoms with van der Waals surface area (Å²) in [5.74, 6) is 1.08. The van der Waals surface area contributed by atoms with Crippen LogP contribution in [0.2, 0.25) is 0 Å². The van der Waals surface area contributed by atoms with E-state index in [1.54, 1.807) is 23.9 Å². The van der Waals surface area contributed by atoms with Crippen LogP contribution in [-0.4, -0.2) is 42.1 Å². The molecule has 174 valence electrons. The largest absolute Gasteiger partial charge is 0.497 e. The predicted octanol–water partition coefficient (Wildman–Crippen LogP) is 4.35. The third-order valence-electron chi connectivity index (χ3n) is 5.62. The minimum Gasteiger partial charge on any atom is -0.497 e. The van der Waals surface area contributed by atoms with E-state index in [0.29, 0.717) is 24.6 Å². The van der Waals surface area contributed by atoms with Gasteiger partial charge in [-0.25, -0.2) is 9.07 Å². The van der Waals surface area contributed by atoms with Gasteiger partial charge in [0.15, 0.2) is 0 Å². The number of halogens is 1. The van der Waals surface area contributed by atoms with E-state index in [1.807, 2.05) is 31.2 Å². The van der Waals surface area contributed by atoms with E-state index in [9.17, 15) is 9.18 Å². The van der Waals surface area contributed by atoms with Crippen molar-refractivity contribution in [1.82, 2.24) is 15.1 Å². The fourth-order valence-electron chi connectivity index (χ4n) is 3.83. The van der Waals surface area contributed by atoms with Crippen molar-refractivity contribution in [3.05, 3.63) is 65.6 Å². The van der Waals surface area contributed by atoms with Crippen LogP contribution in [-0.2, 0) is 16.0 Å². The third-order valence-corrected chi connectivity index (χ3v) is 5.62. The van der Waals surface area contributed by atoms with Crippen LogP contribution in [0.1, 0.15) is 30.5 Å². The molecule has 0 unspecified atom stereocenters. The molecule has 1 aliphatic heterocycles. The van der Waals surface area contributed by atoms with E-state index < -0.39 is 5.82 Å². The zero-order chi connectivity index (χ0) is 23.2. The molecule has 1 fully saturated rings. The van der Waals surface area contributed by atoms with Gasteiger partial charge >= 0.3 is 0 Å². The third kappa shape index (κ3) is 5.70. The van der Waals surface area contributed by atoms with Gasteiger partial charge in [-0.1, -0.05) is 6.07 Å². The predicted molar refractivity (Wildman–Crippen MR) is 122 cm³/mol. The Bertz CT molecular complexity index is 1090. The molecule has 7 nitrogen and oxygen atoms in total. The maximum atomic E-state index is 13.8. The molecule has 0 radical (unpaired) electrons. The first-order chi connectivity index (χ1) is 16.0. The molecule has 0 bridgehead atoms. The number of methoxy groups -OCH3 is 1. The Balaban J connectivity index is 1.56. The van der Waals surface area contributed by atoms with Gasteiger partial charge in [0.1, 0.15) is 17.3 Å². The number of aryl methyl sites for hydroxylation is 1. The van der Waals surface area contributed by atoms with E-state index in [4.69, 9.17) is 14.2 Å². The summed E-state index contributed by atoms with van der Waals surface area (Å²) < 4.78 is 32.3. The number of amides is 1. The lowest BCUT2D eigenvalue weighted by Gasteiger charge is -2.13. The van der Waals surface area contributed by atoms with Gasteiger partial charge in [-0.05, 0) is 62.6 Å². The highest BCUT2D eigenvalue weighted by Crippen LogP contribution is 2.32. The summed E-state index contributed by atoms with van der Waals surface area (Å²) in [5, 5.41) is 7.59. The highest BCUT2D eigenvalue weighted by atomic mass is 19.1. The van der Waals surface area contributed by atoms with E-state index in [0.717, 1.165) is 42.1 Å². The van der Waals surface area contributed by atoms with Crippen LogP contribution in [0.3, 0.4) is 0 Å². The first-order valence-corrected chi connectivity index (χ1v) is 11.1. The second kappa shape index (κ2) is 10.5. The van der Waals surface area contributed by atoms with Crippen LogP contribution in [0.25, 0.3) is 5.69 Å². The van der Waals surface area contributed by atoms with E-state index in [1.165, 1.54) is 12.1 Å². The van der Waals surface area contributed by atoms with Gasteiger partial charge in [0, 0.05) is 31.2 Å². The Morgan fingerprint density at radius 3 is 2.76 bits per heavy atom. The van der Waals surface area contributed by atoms with E-state index in [-0.39, 0.29) is 18.4 Å². The average Bonchev–Trinajstić information content (AvgIpc) is 3.44. The van der Waals surface area contributed by atoms with Crippen LogP contribution in [0, 0.1) is 12.7 Å². The number of aromatic nitrogens is 2. The number of rotatable bonds is 9. The first kappa shape index (κ1) is 22.8. The van der Waals surface area contributed by atoms with Crippen LogP contribution in [0.4, 0.5) is 4.39 Å². The van der Waals surface area contributed by atoms with Crippen molar-refractivity contribution in [1.29, 1.82) is 0 Å². The summed E-state index contributed by atoms with van der Waals surface area (Å²) >= 11 is 0. The standard InChI is InChI=1S/C25H28FN3O4/c1-17-23(12-13-24(30)27-16-22-7-4-14-32-22)25(33-21-6-3-5-18(26)15-21)29(28-17)19-8-10-20(31-2)11-9-19/h3,5-6,8-11,15,22H,4,7,12-14,16H2,1-2H3,(H,27,30)/t22-/m0/s1. The van der Waals surface area contributed by atoms with E-state index >= 15 is 0 Å². The van der Waals surface area contributed by atoms with Crippen molar-refractivity contribution in [2.45, 2.75) is 38.7 Å². The quantitative estimate of drug-likeness (QED) is 0.522. The first-order valence-electron chi connectivity index (χ1n) is 11.1. The molecule has 2 heterocycles. The lowest BCUT2D eigenvalue weighted by molar-refractivity contribution is -0.121. The van der Waals surface area contributed by atoms with Crippen molar-refractivity contribution in [3.63, 3.8) is 0 Å². The number of hydrogen-bond donors (Lipinski definition) is 1. The van der Waals surface area contributed by atoms with Crippen molar-refractivity contribution < 1.29 is 23.4 Å². The fraction of sp³-hybridized carbons (Fsp3) is 0.360. The Kier molecular flexibility index (Phi) is 7.24. The molecule has 0 saturated carbocycles. The molecular formula is C25H28FN3O4. The number of benzene rings is 2. The molecule has 1 aliphatic rings. The number of hydrogen-bond acceptors (Lipinski definition) is 5. The average molecular weight is 454 g/mol. The lowest BCUT2D eigenvalue weighted by Crippen LogP contribution is -2.31. The number of ether oxygens (including phenoxy) is 3. The molecule has 1 amide bonds. The molecule has 8 heteroatoms. The molecule has 1 N–H and O–H groups in total. The summed E-state index contributed by atoms with van der Waals surface area (Å²) in [5.41, 5.74) is 2.30. The maximum Gasteiger partial charge on any atom is 0.226 e. The Hall–Kier alpha value is -3.39. The molecule has 33 heavy (non-hydrogen) atoms. The number of carbonyl (C=O) groups is 1. The summed E-state index contributed by atoms with van der Waals surface area (Å²) in [4.78, 5) is 12.4. The molecule has 0 spiro atoms. The van der Waals surface area contributed by atoms with Crippen LogP contribution in [0.5, 0.6) is 17.4 Å². The van der Waals surface area contributed by atoms with Crippen LogP contribution >= 0.6 is 0 Å². The molecule has 1 saturated heterocycles. The molecule has 1 aromatic heterocycles. The summed E-state index contributed by atoms with van der Waals surface area (Å²) in [6, 6.07) is 13.3. The Morgan fingerprint density at radius 2 is 2.06 bits per heavy atom. The highest BCUT2D eigenvalue weighted by Gasteiger charge is 2.21. The van der Waals surface area contributed by atoms with Crippen molar-refractivity contribution >= 4 is 5.91 Å². The molecule has 0 aliphatic carbocycles. The minimum absolute atomic E-state index is 0.0567. The second-order valence-electron chi connectivity index (χ2n) is 7.98. The van der Waals surface area contributed by atoms with Gasteiger partial charge in [-0.15, -0.1) is 0 Å². The normalized spacial score (nSPS) is 15.4. The lowest BCUT2D eigenvalue weighted by atomic mass is 10.1. The molecule has 1 atom stereocenters. The van der Waals surface area contributed by atoms with Gasteiger partial charge in [-0.2, -0.15) is 5.10 Å². The van der Waals surface area contributed by atoms with Gasteiger partial charge in [0.25, 0.3) is 0 Å². The topological polar surface area (TPSA) is 74.6 Å². The Morgan fingerprint density at radius 1 is 1.24 bits per heavy atom.